The lowest BCUT2D eigenvalue weighted by Gasteiger charge is -2.45. The van der Waals surface area contributed by atoms with E-state index in [9.17, 15) is 9.59 Å². The highest BCUT2D eigenvalue weighted by atomic mass is 35.5. The molecule has 2 rings (SSSR count). The van der Waals surface area contributed by atoms with Gasteiger partial charge in [-0.15, -0.1) is 0 Å². The van der Waals surface area contributed by atoms with Crippen molar-refractivity contribution in [1.29, 1.82) is 0 Å². The van der Waals surface area contributed by atoms with Crippen molar-refractivity contribution >= 4 is 46.8 Å². The summed E-state index contributed by atoms with van der Waals surface area (Å²) in [6.45, 7) is 11.5. The smallest absolute Gasteiger partial charge is 0.253 e. The first-order valence-corrected chi connectivity index (χ1v) is 13.0. The molecule has 0 radical (unpaired) electrons. The van der Waals surface area contributed by atoms with Gasteiger partial charge in [-0.3, -0.25) is 14.5 Å². The van der Waals surface area contributed by atoms with Crippen LogP contribution in [0.3, 0.4) is 0 Å². The summed E-state index contributed by atoms with van der Waals surface area (Å²) in [4.78, 5) is 28.2. The summed E-state index contributed by atoms with van der Waals surface area (Å²) in [6, 6.07) is 4.09. The predicted molar refractivity (Wildman–Crippen MR) is 132 cm³/mol. The molecular formula is C23H35Cl2N3O2S. The van der Waals surface area contributed by atoms with E-state index in [1.54, 1.807) is 23.9 Å². The molecule has 3 atom stereocenters. The summed E-state index contributed by atoms with van der Waals surface area (Å²) in [5.74, 6) is 1.52. The molecule has 2 N–H and O–H groups in total. The second-order valence-electron chi connectivity index (χ2n) is 9.31. The van der Waals surface area contributed by atoms with Crippen molar-refractivity contribution in [1.82, 2.24) is 15.5 Å². The zero-order chi connectivity index (χ0) is 23.2. The summed E-state index contributed by atoms with van der Waals surface area (Å²) >= 11 is 13.7. The van der Waals surface area contributed by atoms with Crippen LogP contribution in [0.4, 0.5) is 0 Å². The normalized spacial score (nSPS) is 20.9. The molecular weight excluding hydrogens is 453 g/mol. The lowest BCUT2D eigenvalue weighted by atomic mass is 9.88. The van der Waals surface area contributed by atoms with Crippen LogP contribution >= 0.6 is 35.0 Å². The number of amides is 2. The van der Waals surface area contributed by atoms with Gasteiger partial charge in [0.25, 0.3) is 5.91 Å². The quantitative estimate of drug-likeness (QED) is 0.528. The number of piperidine rings is 1. The number of carbonyl (C=O) groups excluding carboxylic acids is 2. The molecule has 2 amide bonds. The molecule has 0 bridgehead atoms. The minimum Gasteiger partial charge on any atom is -0.352 e. The molecule has 0 saturated carbocycles. The molecule has 1 fully saturated rings. The van der Waals surface area contributed by atoms with E-state index in [0.29, 0.717) is 35.4 Å². The average Bonchev–Trinajstić information content (AvgIpc) is 2.68. The third-order valence-electron chi connectivity index (χ3n) is 5.83. The molecule has 8 heteroatoms. The van der Waals surface area contributed by atoms with Crippen molar-refractivity contribution in [2.45, 2.75) is 52.1 Å². The Kier molecular flexibility index (Phi) is 9.99. The van der Waals surface area contributed by atoms with Gasteiger partial charge >= 0.3 is 0 Å². The lowest BCUT2D eigenvalue weighted by molar-refractivity contribution is -0.123. The molecule has 0 spiro atoms. The Morgan fingerprint density at radius 1 is 1.23 bits per heavy atom. The Hall–Kier alpha value is -0.950. The number of hydrogen-bond acceptors (Lipinski definition) is 4. The van der Waals surface area contributed by atoms with Gasteiger partial charge in [0.1, 0.15) is 6.04 Å². The molecule has 1 heterocycles. The van der Waals surface area contributed by atoms with Crippen LogP contribution in [0.5, 0.6) is 0 Å². The van der Waals surface area contributed by atoms with E-state index in [2.05, 4.69) is 43.2 Å². The highest BCUT2D eigenvalue weighted by Crippen LogP contribution is 2.27. The van der Waals surface area contributed by atoms with E-state index >= 15 is 0 Å². The Labute approximate surface area is 201 Å². The maximum atomic E-state index is 13.0. The van der Waals surface area contributed by atoms with E-state index in [1.165, 1.54) is 12.5 Å². The highest BCUT2D eigenvalue weighted by molar-refractivity contribution is 7.98. The number of nitrogens with zero attached hydrogens (tertiary/aromatic N) is 1. The van der Waals surface area contributed by atoms with Crippen molar-refractivity contribution in [3.63, 3.8) is 0 Å². The minimum absolute atomic E-state index is 0.161. The van der Waals surface area contributed by atoms with Crippen molar-refractivity contribution < 1.29 is 9.59 Å². The van der Waals surface area contributed by atoms with Crippen LogP contribution in [0.25, 0.3) is 0 Å². The van der Waals surface area contributed by atoms with Crippen LogP contribution in [0, 0.1) is 11.8 Å². The topological polar surface area (TPSA) is 61.4 Å². The van der Waals surface area contributed by atoms with Gasteiger partial charge in [0, 0.05) is 30.2 Å². The van der Waals surface area contributed by atoms with Crippen LogP contribution in [-0.4, -0.2) is 59.9 Å². The van der Waals surface area contributed by atoms with Gasteiger partial charge in [0.15, 0.2) is 0 Å². The third-order valence-corrected chi connectivity index (χ3v) is 7.02. The number of rotatable bonds is 9. The standard InChI is InChI=1S/C23H35Cl2N3O2S/c1-15-10-16(2)13-28(12-15)23(3,4)14-26-22(30)20(8-9-31-5)27-21(29)18-7-6-17(24)11-19(18)25/h6-7,11,15-16,20H,8-10,12-14H2,1-5H3,(H,26,30)(H,27,29). The molecule has 0 aromatic heterocycles. The molecule has 3 unspecified atom stereocenters. The van der Waals surface area contributed by atoms with Crippen LogP contribution in [-0.2, 0) is 4.79 Å². The number of thioether (sulfide) groups is 1. The van der Waals surface area contributed by atoms with Crippen molar-refractivity contribution in [2.75, 3.05) is 31.6 Å². The first kappa shape index (κ1) is 26.3. The monoisotopic (exact) mass is 487 g/mol. The van der Waals surface area contributed by atoms with Gasteiger partial charge in [0.2, 0.25) is 5.91 Å². The van der Waals surface area contributed by atoms with Crippen LogP contribution in [0.1, 0.15) is 50.9 Å². The fourth-order valence-corrected chi connectivity index (χ4v) is 5.08. The zero-order valence-electron chi connectivity index (χ0n) is 19.1. The van der Waals surface area contributed by atoms with E-state index in [1.807, 2.05) is 6.26 Å². The Bertz CT molecular complexity index is 765. The van der Waals surface area contributed by atoms with Gasteiger partial charge in [-0.05, 0) is 68.7 Å². The molecule has 1 aliphatic rings. The van der Waals surface area contributed by atoms with Gasteiger partial charge in [0.05, 0.1) is 10.6 Å². The van der Waals surface area contributed by atoms with Crippen LogP contribution in [0.15, 0.2) is 18.2 Å². The number of nitrogens with one attached hydrogen (secondary N) is 2. The van der Waals surface area contributed by atoms with Gasteiger partial charge in [-0.2, -0.15) is 11.8 Å². The van der Waals surface area contributed by atoms with E-state index in [-0.39, 0.29) is 22.4 Å². The second-order valence-corrected chi connectivity index (χ2v) is 11.1. The zero-order valence-corrected chi connectivity index (χ0v) is 21.5. The SMILES string of the molecule is CSCCC(NC(=O)c1ccc(Cl)cc1Cl)C(=O)NCC(C)(C)N1CC(C)CC(C)C1. The average molecular weight is 489 g/mol. The van der Waals surface area contributed by atoms with Crippen LogP contribution in [0.2, 0.25) is 10.0 Å². The first-order valence-electron chi connectivity index (χ1n) is 10.8. The number of hydrogen-bond donors (Lipinski definition) is 2. The summed E-state index contributed by atoms with van der Waals surface area (Å²) in [5, 5.41) is 6.66. The summed E-state index contributed by atoms with van der Waals surface area (Å²) in [6.07, 6.45) is 3.77. The number of halogens is 2. The molecule has 5 nitrogen and oxygen atoms in total. The van der Waals surface area contributed by atoms with E-state index in [4.69, 9.17) is 23.2 Å². The Morgan fingerprint density at radius 2 is 1.87 bits per heavy atom. The second kappa shape index (κ2) is 11.8. The minimum atomic E-state index is -0.623. The Morgan fingerprint density at radius 3 is 2.45 bits per heavy atom. The maximum absolute atomic E-state index is 13.0. The van der Waals surface area contributed by atoms with Gasteiger partial charge < -0.3 is 10.6 Å². The van der Waals surface area contributed by atoms with Crippen molar-refractivity contribution in [3.8, 4) is 0 Å². The number of benzene rings is 1. The summed E-state index contributed by atoms with van der Waals surface area (Å²) < 4.78 is 0. The summed E-state index contributed by atoms with van der Waals surface area (Å²) in [7, 11) is 0. The largest absolute Gasteiger partial charge is 0.352 e. The van der Waals surface area contributed by atoms with Crippen LogP contribution < -0.4 is 10.6 Å². The van der Waals surface area contributed by atoms with Gasteiger partial charge in [-0.25, -0.2) is 0 Å². The molecule has 0 aliphatic carbocycles. The van der Waals surface area contributed by atoms with Crippen molar-refractivity contribution in [3.05, 3.63) is 33.8 Å². The molecule has 174 valence electrons. The van der Waals surface area contributed by atoms with E-state index in [0.717, 1.165) is 18.8 Å². The predicted octanol–water partition coefficient (Wildman–Crippen LogP) is 4.72. The summed E-state index contributed by atoms with van der Waals surface area (Å²) in [5.41, 5.74) is 0.149. The van der Waals surface area contributed by atoms with E-state index < -0.39 is 6.04 Å². The number of likely N-dealkylation sites (tertiary alicyclic amines) is 1. The lowest BCUT2D eigenvalue weighted by Crippen LogP contribution is -2.58. The molecule has 1 aliphatic heterocycles. The van der Waals surface area contributed by atoms with Gasteiger partial charge in [-0.1, -0.05) is 37.0 Å². The Balaban J connectivity index is 2.02. The third kappa shape index (κ3) is 7.85. The van der Waals surface area contributed by atoms with Crippen molar-refractivity contribution in [2.24, 2.45) is 11.8 Å². The number of carbonyl (C=O) groups is 2. The molecule has 31 heavy (non-hydrogen) atoms. The fourth-order valence-electron chi connectivity index (χ4n) is 4.11. The first-order chi connectivity index (χ1) is 14.5. The fraction of sp³-hybridized carbons (Fsp3) is 0.652. The maximum Gasteiger partial charge on any atom is 0.253 e. The molecule has 1 saturated heterocycles. The molecule has 1 aromatic rings. The highest BCUT2D eigenvalue weighted by Gasteiger charge is 2.33. The molecule has 1 aromatic carbocycles.